The van der Waals surface area contributed by atoms with Gasteiger partial charge in [0.15, 0.2) is 5.65 Å². The Morgan fingerprint density at radius 3 is 2.71 bits per heavy atom. The molecule has 1 aliphatic carbocycles. The Balaban J connectivity index is 1.30. The molecular formula is C19H22F2N6O. The van der Waals surface area contributed by atoms with Crippen LogP contribution in [-0.4, -0.2) is 38.5 Å². The van der Waals surface area contributed by atoms with Crippen molar-refractivity contribution >= 4 is 16.9 Å². The number of anilines is 1. The summed E-state index contributed by atoms with van der Waals surface area (Å²) in [6, 6.07) is 3.88. The van der Waals surface area contributed by atoms with E-state index in [4.69, 9.17) is 10.5 Å². The molecule has 0 spiro atoms. The van der Waals surface area contributed by atoms with Gasteiger partial charge >= 0.3 is 0 Å². The number of aromatic nitrogens is 4. The van der Waals surface area contributed by atoms with Gasteiger partial charge in [0, 0.05) is 12.0 Å². The number of hydrogen-bond donors (Lipinski definition) is 3. The zero-order valence-corrected chi connectivity index (χ0v) is 15.3. The first-order valence-electron chi connectivity index (χ1n) is 9.30. The molecule has 1 fully saturated rings. The molecule has 0 saturated heterocycles. The highest BCUT2D eigenvalue weighted by Crippen LogP contribution is 2.30. The number of fused-ring (bicyclic) bond motifs is 1. The summed E-state index contributed by atoms with van der Waals surface area (Å²) in [6.45, 7) is 0.273. The van der Waals surface area contributed by atoms with Gasteiger partial charge in [-0.15, -0.1) is 0 Å². The van der Waals surface area contributed by atoms with Gasteiger partial charge in [0.1, 0.15) is 23.8 Å². The van der Waals surface area contributed by atoms with Crippen molar-refractivity contribution in [3.8, 4) is 0 Å². The second-order valence-electron chi connectivity index (χ2n) is 7.16. The van der Waals surface area contributed by atoms with Gasteiger partial charge in [0.2, 0.25) is 0 Å². The summed E-state index contributed by atoms with van der Waals surface area (Å²) in [7, 11) is 0. The van der Waals surface area contributed by atoms with E-state index in [0.29, 0.717) is 24.3 Å². The molecule has 7 nitrogen and oxygen atoms in total. The van der Waals surface area contributed by atoms with Gasteiger partial charge < -0.3 is 15.8 Å². The van der Waals surface area contributed by atoms with E-state index in [9.17, 15) is 8.78 Å². The van der Waals surface area contributed by atoms with Gasteiger partial charge in [-0.1, -0.05) is 6.07 Å². The molecule has 1 aliphatic rings. The lowest BCUT2D eigenvalue weighted by Crippen LogP contribution is -2.51. The molecule has 0 unspecified atom stereocenters. The number of ether oxygens (including phenoxy) is 1. The first-order chi connectivity index (χ1) is 13.5. The molecule has 0 amide bonds. The predicted molar refractivity (Wildman–Crippen MR) is 100 cm³/mol. The van der Waals surface area contributed by atoms with Crippen LogP contribution in [0.25, 0.3) is 11.0 Å². The zero-order valence-electron chi connectivity index (χ0n) is 15.3. The van der Waals surface area contributed by atoms with Gasteiger partial charge in [0.05, 0.1) is 30.0 Å². The fraction of sp³-hybridized carbons (Fsp3) is 0.421. The van der Waals surface area contributed by atoms with E-state index in [2.05, 4.69) is 25.5 Å². The molecule has 2 heterocycles. The first kappa shape index (κ1) is 18.7. The van der Waals surface area contributed by atoms with Crippen LogP contribution in [0.15, 0.2) is 30.7 Å². The summed E-state index contributed by atoms with van der Waals surface area (Å²) < 4.78 is 33.2. The van der Waals surface area contributed by atoms with E-state index >= 15 is 0 Å². The summed E-state index contributed by atoms with van der Waals surface area (Å²) in [5.74, 6) is -0.420. The Morgan fingerprint density at radius 2 is 1.96 bits per heavy atom. The van der Waals surface area contributed by atoms with Crippen LogP contribution in [0.1, 0.15) is 31.2 Å². The van der Waals surface area contributed by atoms with E-state index in [-0.39, 0.29) is 24.7 Å². The Bertz CT molecular complexity index is 934. The number of halogens is 2. The summed E-state index contributed by atoms with van der Waals surface area (Å²) in [4.78, 5) is 8.39. The Hall–Kier alpha value is -2.65. The normalized spacial score (nSPS) is 22.5. The van der Waals surface area contributed by atoms with Gasteiger partial charge in [0.25, 0.3) is 0 Å². The van der Waals surface area contributed by atoms with Crippen molar-refractivity contribution in [1.29, 1.82) is 0 Å². The molecule has 1 saturated carbocycles. The number of nitrogens with two attached hydrogens (primary N) is 1. The van der Waals surface area contributed by atoms with Crippen molar-refractivity contribution in [1.82, 2.24) is 20.2 Å². The number of nitrogens with one attached hydrogen (secondary N) is 2. The molecule has 3 aromatic rings. The van der Waals surface area contributed by atoms with Crippen molar-refractivity contribution in [3.05, 3.63) is 47.9 Å². The van der Waals surface area contributed by atoms with E-state index in [1.807, 2.05) is 0 Å². The van der Waals surface area contributed by atoms with E-state index in [1.165, 1.54) is 24.5 Å². The third-order valence-corrected chi connectivity index (χ3v) is 5.21. The fourth-order valence-corrected chi connectivity index (χ4v) is 3.60. The highest BCUT2D eigenvalue weighted by molar-refractivity contribution is 5.85. The van der Waals surface area contributed by atoms with Gasteiger partial charge in [-0.2, -0.15) is 5.10 Å². The maximum atomic E-state index is 13.7. The van der Waals surface area contributed by atoms with E-state index in [0.717, 1.165) is 18.2 Å². The maximum Gasteiger partial charge on any atom is 0.160 e. The summed E-state index contributed by atoms with van der Waals surface area (Å²) in [5.41, 5.74) is 6.64. The third kappa shape index (κ3) is 3.95. The molecule has 0 radical (unpaired) electrons. The molecule has 0 aliphatic heterocycles. The van der Waals surface area contributed by atoms with Crippen molar-refractivity contribution in [2.45, 2.75) is 43.9 Å². The smallest absolute Gasteiger partial charge is 0.160 e. The summed E-state index contributed by atoms with van der Waals surface area (Å²) in [6.07, 6.45) is 6.24. The Morgan fingerprint density at radius 1 is 1.21 bits per heavy atom. The Labute approximate surface area is 160 Å². The molecule has 9 heteroatoms. The summed E-state index contributed by atoms with van der Waals surface area (Å²) in [5, 5.41) is 10.9. The number of hydrogen-bond acceptors (Lipinski definition) is 6. The monoisotopic (exact) mass is 388 g/mol. The molecule has 28 heavy (non-hydrogen) atoms. The largest absolute Gasteiger partial charge is 0.378 e. The molecule has 4 rings (SSSR count). The zero-order chi connectivity index (χ0) is 19.6. The topological polar surface area (TPSA) is 102 Å². The minimum Gasteiger partial charge on any atom is -0.378 e. The highest BCUT2D eigenvalue weighted by Gasteiger charge is 2.33. The lowest BCUT2D eigenvalue weighted by atomic mass is 9.87. The van der Waals surface area contributed by atoms with Crippen LogP contribution >= 0.6 is 0 Å². The molecule has 1 aromatic carbocycles. The van der Waals surface area contributed by atoms with Crippen LogP contribution in [0.5, 0.6) is 0 Å². The number of rotatable bonds is 6. The third-order valence-electron chi connectivity index (χ3n) is 5.21. The predicted octanol–water partition coefficient (Wildman–Crippen LogP) is 2.90. The molecule has 0 atom stereocenters. The van der Waals surface area contributed by atoms with Crippen LogP contribution in [0, 0.1) is 11.6 Å². The van der Waals surface area contributed by atoms with Crippen LogP contribution in [-0.2, 0) is 11.2 Å². The number of H-pyrrole nitrogens is 1. The van der Waals surface area contributed by atoms with Gasteiger partial charge in [-0.05, 0) is 37.8 Å². The van der Waals surface area contributed by atoms with Gasteiger partial charge in [-0.25, -0.2) is 18.7 Å². The van der Waals surface area contributed by atoms with E-state index < -0.39 is 17.3 Å². The minimum atomic E-state index is -0.601. The average Bonchev–Trinajstić information content (AvgIpc) is 3.16. The second kappa shape index (κ2) is 7.76. The van der Waals surface area contributed by atoms with Gasteiger partial charge in [-0.3, -0.25) is 5.10 Å². The SMILES string of the molecule is N[C@]1(Nc2ncnc3[nH]ncc23)CC[C@H](OCCc2c(F)cccc2F)CC1. The van der Waals surface area contributed by atoms with Crippen LogP contribution in [0.2, 0.25) is 0 Å². The minimum absolute atomic E-state index is 0.0210. The van der Waals surface area contributed by atoms with E-state index in [1.54, 1.807) is 6.20 Å². The molecule has 4 N–H and O–H groups in total. The van der Waals surface area contributed by atoms with Crippen molar-refractivity contribution in [2.24, 2.45) is 5.73 Å². The lowest BCUT2D eigenvalue weighted by molar-refractivity contribution is 0.0177. The number of aromatic amines is 1. The van der Waals surface area contributed by atoms with Crippen molar-refractivity contribution in [2.75, 3.05) is 11.9 Å². The van der Waals surface area contributed by atoms with Crippen LogP contribution in [0.4, 0.5) is 14.6 Å². The first-order valence-corrected chi connectivity index (χ1v) is 9.30. The number of benzene rings is 1. The molecule has 0 bridgehead atoms. The lowest BCUT2D eigenvalue weighted by Gasteiger charge is -2.38. The van der Waals surface area contributed by atoms with Crippen LogP contribution in [0.3, 0.4) is 0 Å². The second-order valence-corrected chi connectivity index (χ2v) is 7.16. The van der Waals surface area contributed by atoms with Crippen molar-refractivity contribution in [3.63, 3.8) is 0 Å². The summed E-state index contributed by atoms with van der Waals surface area (Å²) >= 11 is 0. The molecule has 2 aromatic heterocycles. The standard InChI is InChI=1S/C19H22F2N6O/c20-15-2-1-3-16(21)13(15)6-9-28-12-4-7-19(22,8-5-12)26-17-14-10-25-27-18(14)24-11-23-17/h1-3,10-12H,4-9,22H2,(H2,23,24,25,26,27)/t12-,19-. The Kier molecular flexibility index (Phi) is 5.19. The number of nitrogens with zero attached hydrogens (tertiary/aromatic N) is 3. The maximum absolute atomic E-state index is 13.7. The van der Waals surface area contributed by atoms with Crippen molar-refractivity contribution < 1.29 is 13.5 Å². The highest BCUT2D eigenvalue weighted by atomic mass is 19.1. The molecule has 148 valence electrons. The quantitative estimate of drug-likeness (QED) is 0.561. The fourth-order valence-electron chi connectivity index (χ4n) is 3.60. The molecular weight excluding hydrogens is 366 g/mol. The van der Waals surface area contributed by atoms with Crippen LogP contribution < -0.4 is 11.1 Å². The average molecular weight is 388 g/mol.